The first-order valence-corrected chi connectivity index (χ1v) is 9.74. The van der Waals surface area contributed by atoms with Crippen molar-refractivity contribution in [1.29, 1.82) is 5.26 Å². The maximum atomic E-state index is 9.76. The number of para-hydroxylation sites is 2. The lowest BCUT2D eigenvalue weighted by Crippen LogP contribution is -2.45. The summed E-state index contributed by atoms with van der Waals surface area (Å²) in [5, 5.41) is 16.8. The van der Waals surface area contributed by atoms with Gasteiger partial charge < -0.3 is 10.6 Å². The van der Waals surface area contributed by atoms with Gasteiger partial charge in [0.25, 0.3) is 0 Å². The molecule has 1 fully saturated rings. The molecule has 6 nitrogen and oxygen atoms in total. The van der Waals surface area contributed by atoms with Gasteiger partial charge in [-0.3, -0.25) is 9.30 Å². The molecule has 0 amide bonds. The largest absolute Gasteiger partial charge is 0.370 e. The van der Waals surface area contributed by atoms with E-state index in [2.05, 4.69) is 39.0 Å². The van der Waals surface area contributed by atoms with Gasteiger partial charge in [-0.1, -0.05) is 19.1 Å². The quantitative estimate of drug-likeness (QED) is 0.730. The third-order valence-corrected chi connectivity index (χ3v) is 5.52. The van der Waals surface area contributed by atoms with Crippen molar-refractivity contribution in [2.75, 3.05) is 44.6 Å². The average molecular weight is 362 g/mol. The van der Waals surface area contributed by atoms with Gasteiger partial charge in [0.2, 0.25) is 0 Å². The molecular weight excluding hydrogens is 336 g/mol. The first-order valence-electron chi connectivity index (χ1n) is 9.74. The SMILES string of the molecule is CCc1c(C)c(C#N)c2nc3ccccc3n2c1NCCN1CCNCC1. The van der Waals surface area contributed by atoms with Crippen LogP contribution in [0.25, 0.3) is 16.7 Å². The van der Waals surface area contributed by atoms with Crippen LogP contribution in [0.3, 0.4) is 0 Å². The van der Waals surface area contributed by atoms with Crippen LogP contribution in [0.1, 0.15) is 23.6 Å². The van der Waals surface area contributed by atoms with E-state index < -0.39 is 0 Å². The topological polar surface area (TPSA) is 68.4 Å². The molecule has 0 radical (unpaired) electrons. The molecule has 0 saturated carbocycles. The maximum absolute atomic E-state index is 9.76. The summed E-state index contributed by atoms with van der Waals surface area (Å²) in [5.41, 5.74) is 5.62. The molecule has 3 heterocycles. The third-order valence-electron chi connectivity index (χ3n) is 5.52. The lowest BCUT2D eigenvalue weighted by Gasteiger charge is -2.27. The number of hydrogen-bond donors (Lipinski definition) is 2. The van der Waals surface area contributed by atoms with E-state index in [1.807, 2.05) is 25.1 Å². The molecule has 0 aliphatic carbocycles. The minimum absolute atomic E-state index is 0.677. The van der Waals surface area contributed by atoms with Gasteiger partial charge in [-0.25, -0.2) is 4.98 Å². The van der Waals surface area contributed by atoms with E-state index in [-0.39, 0.29) is 0 Å². The number of pyridine rings is 1. The Bertz CT molecular complexity index is 1010. The predicted octanol–water partition coefficient (Wildman–Crippen LogP) is 2.55. The monoisotopic (exact) mass is 362 g/mol. The standard InChI is InChI=1S/C21H26N6/c1-3-16-15(2)17(14-22)21-25-18-6-4-5-7-19(18)27(21)20(16)24-10-13-26-11-8-23-9-12-26/h4-7,23-24H,3,8-13H2,1-2H3. The second-order valence-electron chi connectivity index (χ2n) is 7.07. The zero-order valence-corrected chi connectivity index (χ0v) is 16.0. The molecule has 0 atom stereocenters. The number of aromatic nitrogens is 2. The Labute approximate surface area is 159 Å². The zero-order chi connectivity index (χ0) is 18.8. The molecule has 3 aromatic rings. The van der Waals surface area contributed by atoms with Crippen LogP contribution in [0, 0.1) is 18.3 Å². The summed E-state index contributed by atoms with van der Waals surface area (Å²) in [7, 11) is 0. The molecule has 6 heteroatoms. The Morgan fingerprint density at radius 2 is 2.04 bits per heavy atom. The van der Waals surface area contributed by atoms with Gasteiger partial charge in [0.15, 0.2) is 5.65 Å². The molecule has 0 bridgehead atoms. The number of nitriles is 1. The molecular formula is C21H26N6. The van der Waals surface area contributed by atoms with Crippen LogP contribution in [-0.2, 0) is 6.42 Å². The number of nitrogens with one attached hydrogen (secondary N) is 2. The van der Waals surface area contributed by atoms with Gasteiger partial charge in [-0.05, 0) is 36.6 Å². The Kier molecular flexibility index (Phi) is 4.97. The highest BCUT2D eigenvalue weighted by molar-refractivity contribution is 5.86. The minimum atomic E-state index is 0.677. The first kappa shape index (κ1) is 17.8. The summed E-state index contributed by atoms with van der Waals surface area (Å²) in [4.78, 5) is 7.24. The van der Waals surface area contributed by atoms with Gasteiger partial charge in [0.05, 0.1) is 16.6 Å². The number of nitrogens with zero attached hydrogens (tertiary/aromatic N) is 4. The highest BCUT2D eigenvalue weighted by Gasteiger charge is 2.20. The molecule has 0 unspecified atom stereocenters. The van der Waals surface area contributed by atoms with Gasteiger partial charge in [-0.2, -0.15) is 5.26 Å². The van der Waals surface area contributed by atoms with E-state index in [1.54, 1.807) is 0 Å². The van der Waals surface area contributed by atoms with Gasteiger partial charge in [0.1, 0.15) is 11.9 Å². The number of piperazine rings is 1. The number of fused-ring (bicyclic) bond motifs is 3. The molecule has 1 aliphatic heterocycles. The van der Waals surface area contributed by atoms with Crippen LogP contribution in [-0.4, -0.2) is 53.6 Å². The summed E-state index contributed by atoms with van der Waals surface area (Å²) >= 11 is 0. The number of anilines is 1. The van der Waals surface area contributed by atoms with Crippen molar-refractivity contribution in [1.82, 2.24) is 19.6 Å². The fourth-order valence-corrected chi connectivity index (χ4v) is 4.07. The van der Waals surface area contributed by atoms with Crippen molar-refractivity contribution in [3.8, 4) is 6.07 Å². The van der Waals surface area contributed by atoms with E-state index >= 15 is 0 Å². The maximum Gasteiger partial charge on any atom is 0.157 e. The molecule has 2 N–H and O–H groups in total. The van der Waals surface area contributed by atoms with E-state index in [0.717, 1.165) is 73.8 Å². The molecule has 1 aliphatic rings. The van der Waals surface area contributed by atoms with Crippen LogP contribution in [0.4, 0.5) is 5.82 Å². The minimum Gasteiger partial charge on any atom is -0.370 e. The van der Waals surface area contributed by atoms with Crippen molar-refractivity contribution in [3.63, 3.8) is 0 Å². The molecule has 1 aromatic carbocycles. The summed E-state index contributed by atoms with van der Waals surface area (Å²) in [5.74, 6) is 1.08. The normalized spacial score (nSPS) is 15.3. The molecule has 27 heavy (non-hydrogen) atoms. The fraction of sp³-hybridized carbons (Fsp3) is 0.429. The van der Waals surface area contributed by atoms with E-state index in [0.29, 0.717) is 5.56 Å². The second kappa shape index (κ2) is 7.55. The average Bonchev–Trinajstić information content (AvgIpc) is 3.08. The Balaban J connectivity index is 1.78. The second-order valence-corrected chi connectivity index (χ2v) is 7.07. The van der Waals surface area contributed by atoms with Crippen molar-refractivity contribution in [2.24, 2.45) is 0 Å². The van der Waals surface area contributed by atoms with Crippen molar-refractivity contribution >= 4 is 22.5 Å². The Morgan fingerprint density at radius 1 is 1.26 bits per heavy atom. The zero-order valence-electron chi connectivity index (χ0n) is 16.0. The van der Waals surface area contributed by atoms with Crippen LogP contribution >= 0.6 is 0 Å². The lowest BCUT2D eigenvalue weighted by molar-refractivity contribution is 0.249. The highest BCUT2D eigenvalue weighted by atomic mass is 15.2. The van der Waals surface area contributed by atoms with E-state index in [4.69, 9.17) is 4.98 Å². The smallest absolute Gasteiger partial charge is 0.157 e. The van der Waals surface area contributed by atoms with Crippen LogP contribution in [0.2, 0.25) is 0 Å². The van der Waals surface area contributed by atoms with Gasteiger partial charge >= 0.3 is 0 Å². The number of benzene rings is 1. The fourth-order valence-electron chi connectivity index (χ4n) is 4.07. The Morgan fingerprint density at radius 3 is 2.78 bits per heavy atom. The van der Waals surface area contributed by atoms with Crippen molar-refractivity contribution in [3.05, 3.63) is 41.0 Å². The molecule has 1 saturated heterocycles. The summed E-state index contributed by atoms with van der Waals surface area (Å²) < 4.78 is 2.14. The van der Waals surface area contributed by atoms with Crippen LogP contribution < -0.4 is 10.6 Å². The summed E-state index contributed by atoms with van der Waals surface area (Å²) in [6, 6.07) is 10.5. The number of hydrogen-bond acceptors (Lipinski definition) is 5. The van der Waals surface area contributed by atoms with Crippen molar-refractivity contribution < 1.29 is 0 Å². The summed E-state index contributed by atoms with van der Waals surface area (Å²) in [6.45, 7) is 10.4. The van der Waals surface area contributed by atoms with Gasteiger partial charge in [-0.15, -0.1) is 0 Å². The van der Waals surface area contributed by atoms with Gasteiger partial charge in [0, 0.05) is 39.3 Å². The number of rotatable bonds is 5. The third kappa shape index (κ3) is 3.14. The molecule has 0 spiro atoms. The first-order chi connectivity index (χ1) is 13.2. The molecule has 2 aromatic heterocycles. The Hall–Kier alpha value is -2.62. The highest BCUT2D eigenvalue weighted by Crippen LogP contribution is 2.31. The van der Waals surface area contributed by atoms with Crippen LogP contribution in [0.15, 0.2) is 24.3 Å². The lowest BCUT2D eigenvalue weighted by atomic mass is 10.0. The van der Waals surface area contributed by atoms with E-state index in [9.17, 15) is 5.26 Å². The molecule has 4 rings (SSSR count). The summed E-state index contributed by atoms with van der Waals surface area (Å²) in [6.07, 6.45) is 0.874. The predicted molar refractivity (Wildman–Crippen MR) is 109 cm³/mol. The van der Waals surface area contributed by atoms with E-state index in [1.165, 1.54) is 5.56 Å². The number of imidazole rings is 1. The molecule has 140 valence electrons. The van der Waals surface area contributed by atoms with Crippen molar-refractivity contribution in [2.45, 2.75) is 20.3 Å². The van der Waals surface area contributed by atoms with Crippen LogP contribution in [0.5, 0.6) is 0 Å².